The van der Waals surface area contributed by atoms with Crippen LogP contribution < -0.4 is 23.4 Å². The van der Waals surface area contributed by atoms with Crippen LogP contribution in [0.25, 0.3) is 0 Å². The molecule has 0 spiro atoms. The number of rotatable bonds is 16. The highest BCUT2D eigenvalue weighted by Gasteiger charge is 2.27. The quantitative estimate of drug-likeness (QED) is 0.139. The van der Waals surface area contributed by atoms with Gasteiger partial charge in [0.15, 0.2) is 35.4 Å². The number of aromatic amines is 1. The molecule has 1 aromatic heterocycles. The zero-order valence-corrected chi connectivity index (χ0v) is 27.5. The number of hydrogen-bond donors (Lipinski definition) is 0. The van der Waals surface area contributed by atoms with Crippen molar-refractivity contribution in [3.05, 3.63) is 75.5 Å². The van der Waals surface area contributed by atoms with Crippen molar-refractivity contribution in [2.45, 2.75) is 32.0 Å². The highest BCUT2D eigenvalue weighted by molar-refractivity contribution is 7.87. The Kier molecular flexibility index (Phi) is 13.2. The predicted octanol–water partition coefficient (Wildman–Crippen LogP) is 5.44. The molecule has 46 heavy (non-hydrogen) atoms. The number of pyridine rings is 1. The molecule has 1 aliphatic carbocycles. The fourth-order valence-corrected chi connectivity index (χ4v) is 5.75. The number of nitrogens with zero attached hydrogens (tertiary/aromatic N) is 1. The van der Waals surface area contributed by atoms with Crippen molar-refractivity contribution in [3.8, 4) is 23.0 Å². The van der Waals surface area contributed by atoms with Crippen LogP contribution in [0.3, 0.4) is 0 Å². The van der Waals surface area contributed by atoms with Gasteiger partial charge in [-0.2, -0.15) is 17.2 Å². The fourth-order valence-electron chi connectivity index (χ4n) is 4.15. The number of aromatic nitrogens is 1. The number of hydrogen-bond acceptors (Lipinski definition) is 10. The average Bonchev–Trinajstić information content (AvgIpc) is 3.81. The number of methoxy groups -OCH3 is 1. The summed E-state index contributed by atoms with van der Waals surface area (Å²) in [7, 11) is 0.742. The van der Waals surface area contributed by atoms with E-state index in [2.05, 4.69) is 9.72 Å². The second-order valence-electron chi connectivity index (χ2n) is 10.6. The first kappa shape index (κ1) is 37.0. The van der Waals surface area contributed by atoms with Gasteiger partial charge in [0.2, 0.25) is 0 Å². The molecule has 1 heterocycles. The summed E-state index contributed by atoms with van der Waals surface area (Å²) < 4.78 is 78.4. The average molecular weight is 708 g/mol. The Hall–Kier alpha value is -3.43. The Balaban J connectivity index is 0.00000576. The van der Waals surface area contributed by atoms with Crippen LogP contribution in [-0.4, -0.2) is 71.5 Å². The van der Waals surface area contributed by atoms with Gasteiger partial charge in [-0.1, -0.05) is 29.3 Å². The molecule has 0 radical (unpaired) electrons. The maximum absolute atomic E-state index is 13.5. The minimum Gasteiger partial charge on any atom is -0.870 e. The number of carbonyl (C=O) groups excluding carboxylic acids is 1. The monoisotopic (exact) mass is 706 g/mol. The maximum atomic E-state index is 13.5. The first-order chi connectivity index (χ1) is 21.3. The number of nitrogens with one attached hydrogen (secondary N) is 1. The summed E-state index contributed by atoms with van der Waals surface area (Å²) >= 11 is 12.8. The molecule has 0 amide bonds. The van der Waals surface area contributed by atoms with Crippen LogP contribution in [0.4, 0.5) is 8.78 Å². The Labute approximate surface area is 275 Å². The second-order valence-corrected chi connectivity index (χ2v) is 13.1. The third-order valence-corrected chi connectivity index (χ3v) is 8.56. The molecular weight excluding hydrogens is 673 g/mol. The Bertz CT molecular complexity index is 1590. The third kappa shape index (κ3) is 10.6. The Morgan fingerprint density at radius 3 is 2.30 bits per heavy atom. The lowest BCUT2D eigenvalue weighted by molar-refractivity contribution is -0.377. The highest BCUT2D eigenvalue weighted by Crippen LogP contribution is 2.38. The van der Waals surface area contributed by atoms with E-state index in [-0.39, 0.29) is 62.8 Å². The molecule has 0 bridgehead atoms. The van der Waals surface area contributed by atoms with E-state index in [9.17, 15) is 22.0 Å². The van der Waals surface area contributed by atoms with Gasteiger partial charge >= 0.3 is 22.7 Å². The lowest BCUT2D eigenvalue weighted by atomic mass is 10.0. The zero-order chi connectivity index (χ0) is 32.7. The van der Waals surface area contributed by atoms with Crippen LogP contribution in [0.15, 0.2) is 48.8 Å². The Morgan fingerprint density at radius 2 is 1.70 bits per heavy atom. The van der Waals surface area contributed by atoms with Crippen molar-refractivity contribution in [1.29, 1.82) is 0 Å². The summed E-state index contributed by atoms with van der Waals surface area (Å²) in [4.78, 5) is 18.0. The van der Waals surface area contributed by atoms with Gasteiger partial charge in [0, 0.05) is 24.6 Å². The largest absolute Gasteiger partial charge is 0.870 e. The molecular formula is C30H34Cl2F2N2O9S. The molecule has 1 atom stereocenters. The van der Waals surface area contributed by atoms with Gasteiger partial charge in [0.05, 0.1) is 25.0 Å². The number of H-pyrrole nitrogens is 1. The molecule has 11 nitrogen and oxygen atoms in total. The highest BCUT2D eigenvalue weighted by atomic mass is 35.5. The smallest absolute Gasteiger partial charge is 0.387 e. The molecule has 0 unspecified atom stereocenters. The van der Waals surface area contributed by atoms with Gasteiger partial charge in [0.25, 0.3) is 0 Å². The number of esters is 1. The summed E-state index contributed by atoms with van der Waals surface area (Å²) in [5.74, 6) is -1.05. The first-order valence-electron chi connectivity index (χ1n) is 13.9. The Morgan fingerprint density at radius 1 is 1.02 bits per heavy atom. The van der Waals surface area contributed by atoms with Crippen LogP contribution in [0.5, 0.6) is 23.0 Å². The van der Waals surface area contributed by atoms with Crippen LogP contribution >= 0.6 is 23.2 Å². The van der Waals surface area contributed by atoms with E-state index in [1.807, 2.05) is 0 Å². The van der Waals surface area contributed by atoms with Crippen LogP contribution in [0.2, 0.25) is 10.0 Å². The van der Waals surface area contributed by atoms with E-state index in [0.717, 1.165) is 12.8 Å². The number of carbonyl (C=O) groups is 1. The minimum atomic E-state index is -4.03. The fraction of sp³-hybridized carbons (Fsp3) is 0.400. The molecule has 0 saturated heterocycles. The molecule has 16 heteroatoms. The topological polar surface area (TPSA) is 145 Å². The van der Waals surface area contributed by atoms with Gasteiger partial charge < -0.3 is 33.5 Å². The van der Waals surface area contributed by atoms with Crippen molar-refractivity contribution in [2.75, 3.05) is 40.1 Å². The maximum Gasteiger partial charge on any atom is 0.387 e. The van der Waals surface area contributed by atoms with Gasteiger partial charge in [-0.3, -0.25) is 0 Å². The van der Waals surface area contributed by atoms with Crippen LogP contribution in [-0.2, 0) is 21.3 Å². The summed E-state index contributed by atoms with van der Waals surface area (Å²) in [5.41, 5.74) is 0.793. The van der Waals surface area contributed by atoms with Gasteiger partial charge in [-0.25, -0.2) is 9.78 Å². The van der Waals surface area contributed by atoms with Crippen molar-refractivity contribution in [2.24, 2.45) is 5.92 Å². The van der Waals surface area contributed by atoms with E-state index in [1.165, 1.54) is 55.9 Å². The summed E-state index contributed by atoms with van der Waals surface area (Å²) in [6.45, 7) is -2.56. The third-order valence-electron chi connectivity index (χ3n) is 6.77. The lowest BCUT2D eigenvalue weighted by Gasteiger charge is -2.21. The number of halogens is 4. The lowest BCUT2D eigenvalue weighted by Crippen LogP contribution is -2.25. The summed E-state index contributed by atoms with van der Waals surface area (Å²) in [6.07, 6.45) is 3.90. The summed E-state index contributed by atoms with van der Waals surface area (Å²) in [5, 5.41) is 0.545. The number of benzene rings is 2. The minimum absolute atomic E-state index is 0. The molecule has 252 valence electrons. The van der Waals surface area contributed by atoms with E-state index < -0.39 is 28.8 Å². The van der Waals surface area contributed by atoms with Crippen molar-refractivity contribution >= 4 is 39.3 Å². The molecule has 2 N–H and O–H groups in total. The molecule has 1 aliphatic rings. The first-order valence-corrected chi connectivity index (χ1v) is 16.2. The number of ether oxygens (including phenoxy) is 4. The van der Waals surface area contributed by atoms with E-state index in [4.69, 9.17) is 41.6 Å². The molecule has 1 fully saturated rings. The van der Waals surface area contributed by atoms with Gasteiger partial charge in [-0.15, -0.1) is 0 Å². The second kappa shape index (κ2) is 16.4. The molecule has 2 aromatic carbocycles. The van der Waals surface area contributed by atoms with Crippen molar-refractivity contribution < 1.29 is 55.6 Å². The van der Waals surface area contributed by atoms with E-state index in [1.54, 1.807) is 19.0 Å². The zero-order valence-electron chi connectivity index (χ0n) is 25.2. The molecule has 0 aliphatic heterocycles. The van der Waals surface area contributed by atoms with Crippen LogP contribution in [0.1, 0.15) is 40.4 Å². The van der Waals surface area contributed by atoms with E-state index >= 15 is 0 Å². The molecule has 1 saturated carbocycles. The standard InChI is InChI=1S/C30H32Cl2F2N2O8S.H2O/c1-36(2)10-11-45(38,39)44-28-13-20(7-8-24(28)40-3)29(37)42-26(14-21-22(31)15-35-16-23(21)32)19-6-9-25(43-30(33)34)27(12-19)41-17-18-4-5-18;/h6-9,12-13,15-16,18,26,30H,4-5,10-11,14,17H2,1-3H3;1H2/t26-;/m0./s1. The van der Waals surface area contributed by atoms with Crippen molar-refractivity contribution in [1.82, 2.24) is 4.90 Å². The van der Waals surface area contributed by atoms with Gasteiger partial charge in [-0.05, 0) is 62.7 Å². The predicted molar refractivity (Wildman–Crippen MR) is 164 cm³/mol. The normalized spacial score (nSPS) is 13.6. The van der Waals surface area contributed by atoms with Crippen molar-refractivity contribution in [3.63, 3.8) is 0 Å². The SMILES string of the molecule is COc1ccc(C(=O)O[C@@H](Cc2c(Cl)c[nH+]cc2Cl)c2ccc(OC(F)F)c(OCC3CC3)c2)cc1OS(=O)(=O)CCN(C)C.[OH-]. The number of alkyl halides is 2. The summed E-state index contributed by atoms with van der Waals surface area (Å²) in [6, 6.07) is 8.21. The molecule has 4 rings (SSSR count). The molecule has 3 aromatic rings. The van der Waals surface area contributed by atoms with Gasteiger partial charge in [0.1, 0.15) is 16.1 Å². The van der Waals surface area contributed by atoms with E-state index in [0.29, 0.717) is 23.7 Å². The van der Waals surface area contributed by atoms with Crippen LogP contribution in [0, 0.1) is 5.92 Å².